The number of rotatable bonds is 2. The van der Waals surface area contributed by atoms with Crippen molar-refractivity contribution < 1.29 is 0 Å². The quantitative estimate of drug-likeness (QED) is 0.160. The van der Waals surface area contributed by atoms with Crippen LogP contribution in [0.2, 0.25) is 0 Å². The average Bonchev–Trinajstić information content (AvgIpc) is 3.74. The molecule has 0 saturated heterocycles. The minimum absolute atomic E-state index is 1.24. The molecule has 0 aliphatic heterocycles. The number of hydrogen-bond acceptors (Lipinski definition) is 0. The van der Waals surface area contributed by atoms with Crippen molar-refractivity contribution in [1.82, 2.24) is 0 Å². The van der Waals surface area contributed by atoms with E-state index in [0.29, 0.717) is 0 Å². The zero-order valence-corrected chi connectivity index (χ0v) is 29.3. The molecular weight excluding hydrogens is 649 g/mol. The van der Waals surface area contributed by atoms with Crippen molar-refractivity contribution in [3.8, 4) is 66.8 Å². The van der Waals surface area contributed by atoms with Gasteiger partial charge in [-0.1, -0.05) is 158 Å². The van der Waals surface area contributed by atoms with Gasteiger partial charge < -0.3 is 0 Å². The van der Waals surface area contributed by atoms with Gasteiger partial charge in [0.1, 0.15) is 0 Å². The molecule has 0 heteroatoms. The summed E-state index contributed by atoms with van der Waals surface area (Å²) >= 11 is 0. The lowest BCUT2D eigenvalue weighted by molar-refractivity contribution is 1.68. The van der Waals surface area contributed by atoms with Crippen molar-refractivity contribution in [2.45, 2.75) is 0 Å². The molecular formula is C54H30. The Bertz CT molecular complexity index is 3460. The molecule has 0 unspecified atom stereocenters. The number of hydrogen-bond donors (Lipinski definition) is 0. The van der Waals surface area contributed by atoms with Crippen LogP contribution >= 0.6 is 0 Å². The first-order valence-electron chi connectivity index (χ1n) is 18.9. The largest absolute Gasteiger partial charge is 0.0616 e. The summed E-state index contributed by atoms with van der Waals surface area (Å²) in [6.45, 7) is 0. The average molecular weight is 679 g/mol. The lowest BCUT2D eigenvalue weighted by atomic mass is 9.90. The smallest absolute Gasteiger partial charge is 0.00197 e. The van der Waals surface area contributed by atoms with Crippen LogP contribution in [0.5, 0.6) is 0 Å². The Hall–Kier alpha value is -7.02. The lowest BCUT2D eigenvalue weighted by Gasteiger charge is -2.13. The van der Waals surface area contributed by atoms with Gasteiger partial charge in [0.25, 0.3) is 0 Å². The molecule has 0 atom stereocenters. The molecule has 2 aliphatic rings. The molecule has 11 aromatic rings. The molecule has 11 aromatic carbocycles. The third-order valence-electron chi connectivity index (χ3n) is 12.5. The first-order chi connectivity index (χ1) is 26.8. The van der Waals surface area contributed by atoms with Gasteiger partial charge in [0.05, 0.1) is 0 Å². The summed E-state index contributed by atoms with van der Waals surface area (Å²) in [5, 5.41) is 15.7. The van der Waals surface area contributed by atoms with E-state index in [1.807, 2.05) is 0 Å². The minimum Gasteiger partial charge on any atom is -0.0616 e. The molecule has 0 fully saturated rings. The van der Waals surface area contributed by atoms with Gasteiger partial charge in [-0.25, -0.2) is 0 Å². The van der Waals surface area contributed by atoms with Crippen LogP contribution < -0.4 is 0 Å². The maximum absolute atomic E-state index is 2.41. The molecule has 0 bridgehead atoms. The topological polar surface area (TPSA) is 0 Å². The summed E-state index contributed by atoms with van der Waals surface area (Å²) in [5.74, 6) is 0. The Morgan fingerprint density at radius 3 is 1.28 bits per heavy atom. The van der Waals surface area contributed by atoms with E-state index < -0.39 is 0 Å². The molecule has 0 amide bonds. The van der Waals surface area contributed by atoms with Gasteiger partial charge in [0, 0.05) is 0 Å². The molecule has 0 heterocycles. The first-order valence-corrected chi connectivity index (χ1v) is 18.9. The molecule has 0 aromatic heterocycles. The van der Waals surface area contributed by atoms with E-state index in [9.17, 15) is 0 Å². The maximum atomic E-state index is 2.41. The fourth-order valence-corrected chi connectivity index (χ4v) is 10.1. The Morgan fingerprint density at radius 1 is 0.185 bits per heavy atom. The van der Waals surface area contributed by atoms with Crippen molar-refractivity contribution >= 4 is 64.6 Å². The van der Waals surface area contributed by atoms with E-state index >= 15 is 0 Å². The van der Waals surface area contributed by atoms with Crippen molar-refractivity contribution in [3.63, 3.8) is 0 Å². The maximum Gasteiger partial charge on any atom is -0.00197 e. The van der Waals surface area contributed by atoms with Gasteiger partial charge in [-0.15, -0.1) is 0 Å². The van der Waals surface area contributed by atoms with Crippen molar-refractivity contribution in [1.29, 1.82) is 0 Å². The second-order valence-corrected chi connectivity index (χ2v) is 15.2. The number of fused-ring (bicyclic) bond motifs is 13. The highest BCUT2D eigenvalue weighted by Gasteiger charge is 2.24. The van der Waals surface area contributed by atoms with Crippen LogP contribution in [-0.4, -0.2) is 0 Å². The highest BCUT2D eigenvalue weighted by atomic mass is 14.3. The highest BCUT2D eigenvalue weighted by Crippen LogP contribution is 2.51. The van der Waals surface area contributed by atoms with Crippen LogP contribution in [-0.2, 0) is 0 Å². The Morgan fingerprint density at radius 2 is 0.630 bits per heavy atom. The molecule has 54 heavy (non-hydrogen) atoms. The summed E-state index contributed by atoms with van der Waals surface area (Å²) < 4.78 is 0. The Balaban J connectivity index is 0.903. The normalized spacial score (nSPS) is 12.4. The molecule has 0 radical (unpaired) electrons. The summed E-state index contributed by atoms with van der Waals surface area (Å²) in [6, 6.07) is 68.5. The molecule has 0 spiro atoms. The monoisotopic (exact) mass is 678 g/mol. The van der Waals surface area contributed by atoms with Gasteiger partial charge in [-0.05, 0) is 156 Å². The summed E-state index contributed by atoms with van der Waals surface area (Å²) in [5.41, 5.74) is 15.8. The third kappa shape index (κ3) is 3.72. The van der Waals surface area contributed by atoms with Crippen LogP contribution in [0.3, 0.4) is 0 Å². The van der Waals surface area contributed by atoms with Crippen LogP contribution in [0, 0.1) is 0 Å². The van der Waals surface area contributed by atoms with E-state index in [0.717, 1.165) is 0 Å². The Labute approximate surface area is 312 Å². The second kappa shape index (κ2) is 10.3. The van der Waals surface area contributed by atoms with E-state index in [1.54, 1.807) is 0 Å². The van der Waals surface area contributed by atoms with Crippen molar-refractivity contribution in [2.75, 3.05) is 0 Å². The molecule has 0 nitrogen and oxygen atoms in total. The molecule has 2 aliphatic carbocycles. The predicted molar refractivity (Wildman–Crippen MR) is 231 cm³/mol. The van der Waals surface area contributed by atoms with E-state index in [2.05, 4.69) is 182 Å². The zero-order valence-electron chi connectivity index (χ0n) is 29.3. The number of benzene rings is 11. The van der Waals surface area contributed by atoms with Gasteiger partial charge >= 0.3 is 0 Å². The van der Waals surface area contributed by atoms with Crippen LogP contribution in [0.1, 0.15) is 0 Å². The zero-order chi connectivity index (χ0) is 35.1. The molecule has 246 valence electrons. The summed E-state index contributed by atoms with van der Waals surface area (Å²) in [7, 11) is 0. The SMILES string of the molecule is c1ccc2c(c1)-c1cccc3c(-c4ccc5c(ccc6cc(-c7ccc8c(ccc9cc%10c%11c(cccc%11c98)-c8ccccc8-%10)c7)ccc65)c4)ccc-2c13. The van der Waals surface area contributed by atoms with E-state index in [-0.39, 0.29) is 0 Å². The molecule has 13 rings (SSSR count). The highest BCUT2D eigenvalue weighted by molar-refractivity contribution is 6.29. The third-order valence-corrected chi connectivity index (χ3v) is 12.5. The molecule has 0 saturated carbocycles. The standard InChI is InChI=1S/C54H30/c1-2-8-43-42(7-1)47-12-5-11-46-40(25-26-49(43)53(46)47)35-21-23-39-34(29-35)16-15-33-27-31(19-22-38(33)39)32-20-24-41-36(28-32)17-18-37-30-51-45-10-4-3-9-44(45)48-13-6-14-50(52(37)41)54(48)51/h1-30H. The summed E-state index contributed by atoms with van der Waals surface area (Å²) in [6.07, 6.45) is 0. The van der Waals surface area contributed by atoms with Gasteiger partial charge in [0.2, 0.25) is 0 Å². The lowest BCUT2D eigenvalue weighted by Crippen LogP contribution is -1.86. The minimum atomic E-state index is 1.24. The molecule has 0 N–H and O–H groups in total. The van der Waals surface area contributed by atoms with Crippen LogP contribution in [0.25, 0.3) is 131 Å². The van der Waals surface area contributed by atoms with Gasteiger partial charge in [-0.2, -0.15) is 0 Å². The second-order valence-electron chi connectivity index (χ2n) is 15.2. The first kappa shape index (κ1) is 28.6. The van der Waals surface area contributed by atoms with E-state index in [4.69, 9.17) is 0 Å². The summed E-state index contributed by atoms with van der Waals surface area (Å²) in [4.78, 5) is 0. The van der Waals surface area contributed by atoms with Crippen molar-refractivity contribution in [3.05, 3.63) is 182 Å². The van der Waals surface area contributed by atoms with Gasteiger partial charge in [-0.3, -0.25) is 0 Å². The Kier molecular flexibility index (Phi) is 5.45. The van der Waals surface area contributed by atoms with Crippen LogP contribution in [0.4, 0.5) is 0 Å². The fraction of sp³-hybridized carbons (Fsp3) is 0. The van der Waals surface area contributed by atoms with E-state index in [1.165, 1.54) is 131 Å². The fourth-order valence-electron chi connectivity index (χ4n) is 10.1. The van der Waals surface area contributed by atoms with Gasteiger partial charge in [0.15, 0.2) is 0 Å². The van der Waals surface area contributed by atoms with Crippen LogP contribution in [0.15, 0.2) is 182 Å². The predicted octanol–water partition coefficient (Wildman–Crippen LogP) is 15.2. The van der Waals surface area contributed by atoms with Crippen molar-refractivity contribution in [2.24, 2.45) is 0 Å².